The number of hydrogen-bond acceptors (Lipinski definition) is 3. The predicted octanol–water partition coefficient (Wildman–Crippen LogP) is 2.39. The minimum Gasteiger partial charge on any atom is -0.380 e. The zero-order valence-corrected chi connectivity index (χ0v) is 13.3. The van der Waals surface area contributed by atoms with Gasteiger partial charge in [0.25, 0.3) is 5.91 Å². The van der Waals surface area contributed by atoms with Crippen LogP contribution in [0.5, 0.6) is 0 Å². The molecule has 0 radical (unpaired) electrons. The van der Waals surface area contributed by atoms with Crippen LogP contribution >= 0.6 is 0 Å². The van der Waals surface area contributed by atoms with Crippen LogP contribution in [0.15, 0.2) is 24.3 Å². The molecule has 0 aliphatic carbocycles. The van der Waals surface area contributed by atoms with Crippen LogP contribution in [-0.2, 0) is 11.3 Å². The molecule has 1 atom stereocenters. The summed E-state index contributed by atoms with van der Waals surface area (Å²) in [6.07, 6.45) is 3.42. The van der Waals surface area contributed by atoms with E-state index in [0.717, 1.165) is 37.1 Å². The summed E-state index contributed by atoms with van der Waals surface area (Å²) in [5.41, 5.74) is 1.82. The average Bonchev–Trinajstić information content (AvgIpc) is 2.47. The Morgan fingerprint density at radius 2 is 2.19 bits per heavy atom. The van der Waals surface area contributed by atoms with E-state index >= 15 is 0 Å². The van der Waals surface area contributed by atoms with Crippen molar-refractivity contribution in [3.05, 3.63) is 35.4 Å². The van der Waals surface area contributed by atoms with E-state index in [1.165, 1.54) is 6.42 Å². The number of carbonyl (C=O) groups excluding carboxylic acids is 1. The predicted molar refractivity (Wildman–Crippen MR) is 84.4 cm³/mol. The molecule has 4 heteroatoms. The number of benzene rings is 1. The number of piperidine rings is 1. The lowest BCUT2D eigenvalue weighted by molar-refractivity contribution is 0.0574. The molecule has 1 fully saturated rings. The van der Waals surface area contributed by atoms with Gasteiger partial charge in [0.15, 0.2) is 0 Å². The van der Waals surface area contributed by atoms with Crippen LogP contribution in [0.2, 0.25) is 0 Å². The second kappa shape index (κ2) is 7.57. The molecule has 116 valence electrons. The Morgan fingerprint density at radius 3 is 2.90 bits per heavy atom. The van der Waals surface area contributed by atoms with Gasteiger partial charge in [-0.2, -0.15) is 0 Å². The van der Waals surface area contributed by atoms with E-state index in [2.05, 4.69) is 23.9 Å². The van der Waals surface area contributed by atoms with Crippen molar-refractivity contribution in [2.45, 2.75) is 31.9 Å². The molecule has 1 amide bonds. The minimum atomic E-state index is 0.152. The zero-order valence-electron chi connectivity index (χ0n) is 13.3. The standard InChI is InChI=1S/C17H26N2O2/c1-18(2)12-16-9-4-5-10-19(16)17(20)15-8-6-7-14(11-15)13-21-3/h6-8,11,16H,4-5,9-10,12-13H2,1-3H3/t16-/m0/s1. The molecular weight excluding hydrogens is 264 g/mol. The van der Waals surface area contributed by atoms with Crippen LogP contribution in [0.25, 0.3) is 0 Å². The molecule has 1 aromatic carbocycles. The number of methoxy groups -OCH3 is 1. The fourth-order valence-electron chi connectivity index (χ4n) is 3.01. The summed E-state index contributed by atoms with van der Waals surface area (Å²) in [6, 6.07) is 8.11. The second-order valence-electron chi connectivity index (χ2n) is 6.04. The molecule has 1 aliphatic rings. The van der Waals surface area contributed by atoms with E-state index in [4.69, 9.17) is 4.74 Å². The number of likely N-dealkylation sites (N-methyl/N-ethyl adjacent to an activating group) is 1. The van der Waals surface area contributed by atoms with Crippen LogP contribution in [0.4, 0.5) is 0 Å². The third-order valence-corrected chi connectivity index (χ3v) is 3.95. The Morgan fingerprint density at radius 1 is 1.38 bits per heavy atom. The van der Waals surface area contributed by atoms with Crippen molar-refractivity contribution in [1.82, 2.24) is 9.80 Å². The molecule has 1 saturated heterocycles. The Hall–Kier alpha value is -1.39. The van der Waals surface area contributed by atoms with Crippen molar-refractivity contribution in [3.8, 4) is 0 Å². The highest BCUT2D eigenvalue weighted by Gasteiger charge is 2.27. The lowest BCUT2D eigenvalue weighted by Crippen LogP contribution is -2.48. The highest BCUT2D eigenvalue weighted by molar-refractivity contribution is 5.94. The highest BCUT2D eigenvalue weighted by atomic mass is 16.5. The molecule has 1 aliphatic heterocycles. The van der Waals surface area contributed by atoms with Gasteiger partial charge in [-0.15, -0.1) is 0 Å². The SMILES string of the molecule is COCc1cccc(C(=O)N2CCCC[C@H]2CN(C)C)c1. The first-order chi connectivity index (χ1) is 10.1. The number of carbonyl (C=O) groups is 1. The van der Waals surface area contributed by atoms with Crippen LogP contribution in [-0.4, -0.2) is 56.0 Å². The minimum absolute atomic E-state index is 0.152. The number of likely N-dealkylation sites (tertiary alicyclic amines) is 1. The van der Waals surface area contributed by atoms with E-state index in [1.54, 1.807) is 7.11 Å². The van der Waals surface area contributed by atoms with Crippen LogP contribution in [0, 0.1) is 0 Å². The number of ether oxygens (including phenoxy) is 1. The Labute approximate surface area is 127 Å². The quantitative estimate of drug-likeness (QED) is 0.835. The first-order valence-corrected chi connectivity index (χ1v) is 7.65. The van der Waals surface area contributed by atoms with Crippen molar-refractivity contribution < 1.29 is 9.53 Å². The Kier molecular flexibility index (Phi) is 5.76. The lowest BCUT2D eigenvalue weighted by atomic mass is 10.00. The number of hydrogen-bond donors (Lipinski definition) is 0. The molecule has 2 rings (SSSR count). The van der Waals surface area contributed by atoms with Crippen LogP contribution < -0.4 is 0 Å². The van der Waals surface area contributed by atoms with E-state index in [9.17, 15) is 4.79 Å². The van der Waals surface area contributed by atoms with Crippen molar-refractivity contribution in [2.75, 3.05) is 34.3 Å². The van der Waals surface area contributed by atoms with E-state index < -0.39 is 0 Å². The molecule has 1 heterocycles. The molecule has 21 heavy (non-hydrogen) atoms. The molecule has 0 spiro atoms. The summed E-state index contributed by atoms with van der Waals surface area (Å²) in [5, 5.41) is 0. The normalized spacial score (nSPS) is 19.0. The summed E-state index contributed by atoms with van der Waals surface area (Å²) in [7, 11) is 5.80. The highest BCUT2D eigenvalue weighted by Crippen LogP contribution is 2.20. The first-order valence-electron chi connectivity index (χ1n) is 7.65. The fraction of sp³-hybridized carbons (Fsp3) is 0.588. The zero-order chi connectivity index (χ0) is 15.2. The van der Waals surface area contributed by atoms with E-state index in [-0.39, 0.29) is 5.91 Å². The van der Waals surface area contributed by atoms with E-state index in [1.807, 2.05) is 24.3 Å². The maximum absolute atomic E-state index is 12.8. The summed E-state index contributed by atoms with van der Waals surface area (Å²) in [5.74, 6) is 0.152. The number of amides is 1. The number of rotatable bonds is 5. The van der Waals surface area contributed by atoms with Crippen molar-refractivity contribution in [2.24, 2.45) is 0 Å². The van der Waals surface area contributed by atoms with Gasteiger partial charge in [-0.1, -0.05) is 12.1 Å². The van der Waals surface area contributed by atoms with Crippen molar-refractivity contribution >= 4 is 5.91 Å². The first kappa shape index (κ1) is 16.0. The average molecular weight is 290 g/mol. The maximum atomic E-state index is 12.8. The molecule has 1 aromatic rings. The molecule has 0 unspecified atom stereocenters. The second-order valence-corrected chi connectivity index (χ2v) is 6.04. The topological polar surface area (TPSA) is 32.8 Å². The lowest BCUT2D eigenvalue weighted by Gasteiger charge is -2.37. The van der Waals surface area contributed by atoms with Crippen molar-refractivity contribution in [3.63, 3.8) is 0 Å². The van der Waals surface area contributed by atoms with Gasteiger partial charge >= 0.3 is 0 Å². The monoisotopic (exact) mass is 290 g/mol. The van der Waals surface area contributed by atoms with Crippen LogP contribution in [0.3, 0.4) is 0 Å². The largest absolute Gasteiger partial charge is 0.380 e. The molecule has 0 N–H and O–H groups in total. The molecule has 0 aromatic heterocycles. The van der Waals surface area contributed by atoms with Gasteiger partial charge < -0.3 is 14.5 Å². The van der Waals surface area contributed by atoms with Crippen molar-refractivity contribution in [1.29, 1.82) is 0 Å². The molecule has 0 saturated carbocycles. The van der Waals surface area contributed by atoms with E-state index in [0.29, 0.717) is 12.6 Å². The molecule has 4 nitrogen and oxygen atoms in total. The van der Waals surface area contributed by atoms with Gasteiger partial charge in [-0.25, -0.2) is 0 Å². The number of nitrogens with zero attached hydrogens (tertiary/aromatic N) is 2. The smallest absolute Gasteiger partial charge is 0.254 e. The summed E-state index contributed by atoms with van der Waals surface area (Å²) >= 11 is 0. The summed E-state index contributed by atoms with van der Waals surface area (Å²) in [6.45, 7) is 2.34. The molecular formula is C17H26N2O2. The van der Waals surface area contributed by atoms with Gasteiger partial charge in [-0.3, -0.25) is 4.79 Å². The third-order valence-electron chi connectivity index (χ3n) is 3.95. The van der Waals surface area contributed by atoms with Gasteiger partial charge in [0, 0.05) is 31.8 Å². The Balaban J connectivity index is 2.14. The fourth-order valence-corrected chi connectivity index (χ4v) is 3.01. The maximum Gasteiger partial charge on any atom is 0.254 e. The van der Waals surface area contributed by atoms with Gasteiger partial charge in [-0.05, 0) is 51.1 Å². The molecule has 0 bridgehead atoms. The van der Waals surface area contributed by atoms with Gasteiger partial charge in [0.2, 0.25) is 0 Å². The van der Waals surface area contributed by atoms with Gasteiger partial charge in [0.1, 0.15) is 0 Å². The summed E-state index contributed by atoms with van der Waals surface area (Å²) in [4.78, 5) is 17.0. The summed E-state index contributed by atoms with van der Waals surface area (Å²) < 4.78 is 5.15. The third kappa shape index (κ3) is 4.29. The van der Waals surface area contributed by atoms with Crippen LogP contribution in [0.1, 0.15) is 35.2 Å². The van der Waals surface area contributed by atoms with Gasteiger partial charge in [0.05, 0.1) is 6.61 Å². The Bertz CT molecular complexity index is 474.